The lowest BCUT2D eigenvalue weighted by atomic mass is 10.1. The van der Waals surface area contributed by atoms with E-state index >= 15 is 0 Å². The normalized spacial score (nSPS) is 15.7. The van der Waals surface area contributed by atoms with Crippen molar-refractivity contribution >= 4 is 28.4 Å². The molecule has 33 heavy (non-hydrogen) atoms. The summed E-state index contributed by atoms with van der Waals surface area (Å²) in [5, 5.41) is 6.42. The average Bonchev–Trinajstić information content (AvgIpc) is 3.36. The molecule has 0 aromatic carbocycles. The van der Waals surface area contributed by atoms with Crippen molar-refractivity contribution in [2.75, 3.05) is 18.5 Å². The second-order valence-electron chi connectivity index (χ2n) is 8.17. The highest BCUT2D eigenvalue weighted by Crippen LogP contribution is 2.20. The highest BCUT2D eigenvalue weighted by atomic mass is 16.5. The van der Waals surface area contributed by atoms with E-state index in [1.54, 1.807) is 30.7 Å². The van der Waals surface area contributed by atoms with Gasteiger partial charge in [-0.1, -0.05) is 12.1 Å². The fourth-order valence-corrected chi connectivity index (χ4v) is 3.94. The van der Waals surface area contributed by atoms with Crippen LogP contribution in [0.2, 0.25) is 0 Å². The van der Waals surface area contributed by atoms with Gasteiger partial charge in [-0.05, 0) is 49.1 Å². The van der Waals surface area contributed by atoms with Crippen molar-refractivity contribution in [1.29, 1.82) is 0 Å². The van der Waals surface area contributed by atoms with Gasteiger partial charge in [0, 0.05) is 38.3 Å². The molecule has 4 aromatic rings. The van der Waals surface area contributed by atoms with Crippen molar-refractivity contribution in [3.8, 4) is 0 Å². The fraction of sp³-hybridized carbons (Fsp3) is 0.292. The first-order chi connectivity index (χ1) is 16.1. The summed E-state index contributed by atoms with van der Waals surface area (Å²) in [6, 6.07) is 8.94. The van der Waals surface area contributed by atoms with Crippen LogP contribution >= 0.6 is 0 Å². The highest BCUT2D eigenvalue weighted by molar-refractivity contribution is 6.01. The van der Waals surface area contributed by atoms with E-state index in [2.05, 4.69) is 25.6 Å². The predicted octanol–water partition coefficient (Wildman–Crippen LogP) is 2.47. The molecule has 1 aliphatic heterocycles. The largest absolute Gasteiger partial charge is 0.376 e. The first-order valence-electron chi connectivity index (χ1n) is 10.9. The Morgan fingerprint density at radius 3 is 2.97 bits per heavy atom. The SMILES string of the molecule is Cc1ccc2nc3nc(NC[C@H]4CCCO4)c(C(=O)NCc4cccnc4)cc3c(=O)n2c1. The van der Waals surface area contributed by atoms with Gasteiger partial charge in [0.2, 0.25) is 0 Å². The number of anilines is 1. The minimum absolute atomic E-state index is 0.0620. The Bertz CT molecular complexity index is 1380. The van der Waals surface area contributed by atoms with Crippen LogP contribution in [0.3, 0.4) is 0 Å². The van der Waals surface area contributed by atoms with Gasteiger partial charge >= 0.3 is 0 Å². The van der Waals surface area contributed by atoms with Crippen molar-refractivity contribution in [2.24, 2.45) is 0 Å². The summed E-state index contributed by atoms with van der Waals surface area (Å²) >= 11 is 0. The van der Waals surface area contributed by atoms with Crippen LogP contribution in [0.25, 0.3) is 16.7 Å². The molecule has 5 heterocycles. The molecule has 0 radical (unpaired) electrons. The van der Waals surface area contributed by atoms with E-state index in [1.165, 1.54) is 4.40 Å². The first-order valence-corrected chi connectivity index (χ1v) is 10.9. The molecular formula is C24H24N6O3. The Labute approximate surface area is 189 Å². The number of rotatable bonds is 6. The van der Waals surface area contributed by atoms with Crippen LogP contribution in [-0.2, 0) is 11.3 Å². The van der Waals surface area contributed by atoms with Gasteiger partial charge in [-0.15, -0.1) is 0 Å². The van der Waals surface area contributed by atoms with E-state index < -0.39 is 0 Å². The lowest BCUT2D eigenvalue weighted by Gasteiger charge is -2.15. The maximum absolute atomic E-state index is 13.2. The van der Waals surface area contributed by atoms with E-state index in [1.807, 2.05) is 25.1 Å². The van der Waals surface area contributed by atoms with Gasteiger partial charge in [0.25, 0.3) is 11.5 Å². The summed E-state index contributed by atoms with van der Waals surface area (Å²) in [6.07, 6.45) is 7.13. The van der Waals surface area contributed by atoms with Crippen LogP contribution in [0, 0.1) is 6.92 Å². The van der Waals surface area contributed by atoms with E-state index in [-0.39, 0.29) is 28.5 Å². The zero-order valence-corrected chi connectivity index (χ0v) is 18.2. The van der Waals surface area contributed by atoms with Crippen LogP contribution in [0.5, 0.6) is 0 Å². The predicted molar refractivity (Wildman–Crippen MR) is 124 cm³/mol. The summed E-state index contributed by atoms with van der Waals surface area (Å²) < 4.78 is 7.17. The zero-order valence-electron chi connectivity index (χ0n) is 18.2. The van der Waals surface area contributed by atoms with Crippen molar-refractivity contribution in [1.82, 2.24) is 24.7 Å². The van der Waals surface area contributed by atoms with E-state index in [0.717, 1.165) is 30.6 Å². The molecule has 1 aliphatic rings. The number of nitrogens with zero attached hydrogens (tertiary/aromatic N) is 4. The molecule has 1 fully saturated rings. The third-order valence-electron chi connectivity index (χ3n) is 5.69. The lowest BCUT2D eigenvalue weighted by molar-refractivity contribution is 0.0951. The molecular weight excluding hydrogens is 420 g/mol. The Hall–Kier alpha value is -3.85. The van der Waals surface area contributed by atoms with Crippen LogP contribution in [0.15, 0.2) is 53.7 Å². The Kier molecular flexibility index (Phi) is 5.70. The van der Waals surface area contributed by atoms with Crippen molar-refractivity contribution in [3.63, 3.8) is 0 Å². The third-order valence-corrected chi connectivity index (χ3v) is 5.69. The molecule has 1 amide bonds. The minimum atomic E-state index is -0.336. The number of carbonyl (C=O) groups excluding carboxylic acids is 1. The fourth-order valence-electron chi connectivity index (χ4n) is 3.94. The van der Waals surface area contributed by atoms with Crippen LogP contribution < -0.4 is 16.2 Å². The molecule has 9 heteroatoms. The number of ether oxygens (including phenoxy) is 1. The van der Waals surface area contributed by atoms with Crippen LogP contribution in [-0.4, -0.2) is 44.5 Å². The Morgan fingerprint density at radius 2 is 2.18 bits per heavy atom. The van der Waals surface area contributed by atoms with Crippen LogP contribution in [0.1, 0.15) is 34.3 Å². The van der Waals surface area contributed by atoms with E-state index in [4.69, 9.17) is 4.74 Å². The third kappa shape index (κ3) is 4.40. The lowest BCUT2D eigenvalue weighted by Crippen LogP contribution is -2.27. The molecule has 0 unspecified atom stereocenters. The monoisotopic (exact) mass is 444 g/mol. The number of nitrogens with one attached hydrogen (secondary N) is 2. The number of amides is 1. The number of hydrogen-bond acceptors (Lipinski definition) is 7. The van der Waals surface area contributed by atoms with Crippen molar-refractivity contribution in [3.05, 3.63) is 76.0 Å². The molecule has 0 spiro atoms. The Morgan fingerprint density at radius 1 is 1.27 bits per heavy atom. The summed E-state index contributed by atoms with van der Waals surface area (Å²) in [6.45, 7) is 3.47. The molecule has 5 rings (SSSR count). The second-order valence-corrected chi connectivity index (χ2v) is 8.17. The number of fused-ring (bicyclic) bond motifs is 2. The second kappa shape index (κ2) is 8.95. The van der Waals surface area contributed by atoms with Gasteiger partial charge in [0.1, 0.15) is 11.5 Å². The van der Waals surface area contributed by atoms with Crippen molar-refractivity contribution in [2.45, 2.75) is 32.4 Å². The smallest absolute Gasteiger partial charge is 0.267 e. The first kappa shape index (κ1) is 21.0. The number of hydrogen-bond donors (Lipinski definition) is 2. The van der Waals surface area contributed by atoms with Gasteiger partial charge in [-0.25, -0.2) is 9.97 Å². The van der Waals surface area contributed by atoms with Gasteiger partial charge in [0.15, 0.2) is 5.65 Å². The standard InChI is InChI=1S/C24H24N6O3/c1-15-6-7-20-28-22-19(24(32)30(20)14-15)10-18(21(29-22)26-13-17-5-3-9-33-17)23(31)27-12-16-4-2-8-25-11-16/h2,4,6-8,10-11,14,17H,3,5,9,12-13H2,1H3,(H,26,29)(H,27,31)/t17-/m1/s1. The topological polar surface area (TPSA) is 111 Å². The number of pyridine rings is 3. The molecule has 1 saturated heterocycles. The van der Waals surface area contributed by atoms with E-state index in [9.17, 15) is 9.59 Å². The van der Waals surface area contributed by atoms with Gasteiger partial charge in [0.05, 0.1) is 17.1 Å². The molecule has 0 aliphatic carbocycles. The Balaban J connectivity index is 1.54. The summed E-state index contributed by atoms with van der Waals surface area (Å²) in [7, 11) is 0. The number of aryl methyl sites for hydroxylation is 1. The van der Waals surface area contributed by atoms with Gasteiger partial charge in [-0.2, -0.15) is 0 Å². The number of carbonyl (C=O) groups is 1. The number of aromatic nitrogens is 4. The maximum Gasteiger partial charge on any atom is 0.267 e. The maximum atomic E-state index is 13.2. The minimum Gasteiger partial charge on any atom is -0.376 e. The molecule has 4 aromatic heterocycles. The zero-order chi connectivity index (χ0) is 22.8. The highest BCUT2D eigenvalue weighted by Gasteiger charge is 2.20. The summed E-state index contributed by atoms with van der Waals surface area (Å²) in [4.78, 5) is 39.5. The van der Waals surface area contributed by atoms with Crippen LogP contribution in [0.4, 0.5) is 5.82 Å². The molecule has 1 atom stereocenters. The molecule has 0 saturated carbocycles. The van der Waals surface area contributed by atoms with E-state index in [0.29, 0.717) is 30.2 Å². The molecule has 9 nitrogen and oxygen atoms in total. The molecule has 168 valence electrons. The summed E-state index contributed by atoms with van der Waals surface area (Å²) in [5.74, 6) is 0.0434. The van der Waals surface area contributed by atoms with Gasteiger partial charge < -0.3 is 15.4 Å². The quantitative estimate of drug-likeness (QED) is 0.440. The van der Waals surface area contributed by atoms with Gasteiger partial charge in [-0.3, -0.25) is 19.0 Å². The summed E-state index contributed by atoms with van der Waals surface area (Å²) in [5.41, 5.74) is 2.63. The van der Waals surface area contributed by atoms with Crippen molar-refractivity contribution < 1.29 is 9.53 Å². The average molecular weight is 444 g/mol. The molecule has 0 bridgehead atoms. The molecule has 2 N–H and O–H groups in total.